The van der Waals surface area contributed by atoms with Crippen LogP contribution in [0.2, 0.25) is 0 Å². The minimum atomic E-state index is 0.637. The predicted octanol–water partition coefficient (Wildman–Crippen LogP) is 1.57. The highest BCUT2D eigenvalue weighted by Crippen LogP contribution is 2.13. The van der Waals surface area contributed by atoms with Gasteiger partial charge in [0, 0.05) is 0 Å². The van der Waals surface area contributed by atoms with Gasteiger partial charge in [-0.05, 0) is 42.0 Å². The number of nitriles is 1. The second-order valence-electron chi connectivity index (χ2n) is 2.19. The monoisotopic (exact) mass is 259 g/mol. The van der Waals surface area contributed by atoms with Gasteiger partial charge in [0.1, 0.15) is 9.77 Å². The van der Waals surface area contributed by atoms with E-state index >= 15 is 0 Å². The van der Waals surface area contributed by atoms with Gasteiger partial charge in [0.05, 0.1) is 11.3 Å². The lowest BCUT2D eigenvalue weighted by Gasteiger charge is -2.00. The van der Waals surface area contributed by atoms with E-state index in [4.69, 9.17) is 5.26 Å². The zero-order valence-electron chi connectivity index (χ0n) is 6.22. The molecule has 3 nitrogen and oxygen atoms in total. The van der Waals surface area contributed by atoms with E-state index in [9.17, 15) is 0 Å². The van der Waals surface area contributed by atoms with E-state index in [1.54, 1.807) is 0 Å². The molecule has 0 saturated heterocycles. The molecule has 0 spiro atoms. The van der Waals surface area contributed by atoms with Crippen LogP contribution in [0.15, 0.2) is 0 Å². The van der Waals surface area contributed by atoms with Crippen molar-refractivity contribution < 1.29 is 0 Å². The molecule has 56 valence electrons. The highest BCUT2D eigenvalue weighted by atomic mass is 127. The zero-order chi connectivity index (χ0) is 8.43. The van der Waals surface area contributed by atoms with Crippen molar-refractivity contribution in [2.75, 3.05) is 0 Å². The third-order valence-electron chi connectivity index (χ3n) is 1.52. The Balaban J connectivity index is 3.44. The topological polar surface area (TPSA) is 49.6 Å². The van der Waals surface area contributed by atoms with E-state index in [0.29, 0.717) is 9.26 Å². The van der Waals surface area contributed by atoms with Crippen molar-refractivity contribution in [2.45, 2.75) is 13.8 Å². The highest BCUT2D eigenvalue weighted by molar-refractivity contribution is 14.1. The fraction of sp³-hybridized carbons (Fsp3) is 0.286. The molecule has 0 aliphatic rings. The lowest BCUT2D eigenvalue weighted by atomic mass is 10.1. The molecule has 0 aliphatic carbocycles. The molecule has 0 radical (unpaired) electrons. The number of aromatic nitrogens is 2. The number of hydrogen-bond acceptors (Lipinski definition) is 3. The molecular weight excluding hydrogens is 253 g/mol. The molecule has 0 bridgehead atoms. The average Bonchev–Trinajstić information content (AvgIpc) is 1.99. The molecular formula is C7H6IN3. The van der Waals surface area contributed by atoms with Crippen LogP contribution < -0.4 is 0 Å². The quantitative estimate of drug-likeness (QED) is 0.664. The Morgan fingerprint density at radius 3 is 2.45 bits per heavy atom. The lowest BCUT2D eigenvalue weighted by Crippen LogP contribution is -1.98. The van der Waals surface area contributed by atoms with Crippen LogP contribution in [0, 0.1) is 28.9 Å². The summed E-state index contributed by atoms with van der Waals surface area (Å²) < 4.78 is 0.674. The summed E-state index contributed by atoms with van der Waals surface area (Å²) >= 11 is 2.01. The van der Waals surface area contributed by atoms with Gasteiger partial charge in [-0.1, -0.05) is 0 Å². The molecule has 0 aromatic carbocycles. The number of hydrogen-bond donors (Lipinski definition) is 0. The van der Waals surface area contributed by atoms with Gasteiger partial charge in [0.25, 0.3) is 0 Å². The Morgan fingerprint density at radius 2 is 2.00 bits per heavy atom. The fourth-order valence-corrected chi connectivity index (χ4v) is 1.34. The van der Waals surface area contributed by atoms with Crippen LogP contribution in [0.25, 0.3) is 0 Å². The lowest BCUT2D eigenvalue weighted by molar-refractivity contribution is 0.931. The third kappa shape index (κ3) is 1.48. The van der Waals surface area contributed by atoms with Crippen molar-refractivity contribution in [3.63, 3.8) is 0 Å². The van der Waals surface area contributed by atoms with E-state index in [1.807, 2.05) is 36.4 Å². The normalized spacial score (nSPS) is 9.27. The van der Waals surface area contributed by atoms with Gasteiger partial charge in [-0.2, -0.15) is 10.4 Å². The summed E-state index contributed by atoms with van der Waals surface area (Å²) in [5.41, 5.74) is 2.38. The average molecular weight is 259 g/mol. The molecule has 11 heavy (non-hydrogen) atoms. The maximum Gasteiger partial charge on any atom is 0.141 e. The number of halogens is 1. The van der Waals surface area contributed by atoms with Crippen molar-refractivity contribution in [1.82, 2.24) is 10.2 Å². The minimum absolute atomic E-state index is 0.637. The summed E-state index contributed by atoms with van der Waals surface area (Å²) in [6.07, 6.45) is 0. The van der Waals surface area contributed by atoms with Crippen molar-refractivity contribution in [3.8, 4) is 6.07 Å². The molecule has 1 aromatic rings. The summed E-state index contributed by atoms with van der Waals surface area (Å²) in [4.78, 5) is 0. The molecule has 0 fully saturated rings. The number of rotatable bonds is 0. The Bertz CT molecular complexity index is 327. The Hall–Kier alpha value is -0.700. The molecule has 0 aliphatic heterocycles. The van der Waals surface area contributed by atoms with Crippen LogP contribution in [-0.4, -0.2) is 10.2 Å². The van der Waals surface area contributed by atoms with Gasteiger partial charge in [-0.3, -0.25) is 0 Å². The van der Waals surface area contributed by atoms with Crippen LogP contribution in [-0.2, 0) is 0 Å². The Kier molecular flexibility index (Phi) is 2.39. The van der Waals surface area contributed by atoms with Crippen LogP contribution >= 0.6 is 22.6 Å². The van der Waals surface area contributed by atoms with E-state index in [1.165, 1.54) is 0 Å². The number of aryl methyl sites for hydroxylation is 1. The first-order chi connectivity index (χ1) is 5.16. The van der Waals surface area contributed by atoms with Gasteiger partial charge in [-0.15, -0.1) is 5.10 Å². The second kappa shape index (κ2) is 3.13. The van der Waals surface area contributed by atoms with Gasteiger partial charge in [0.15, 0.2) is 0 Å². The van der Waals surface area contributed by atoms with E-state index in [-0.39, 0.29) is 0 Å². The van der Waals surface area contributed by atoms with E-state index in [0.717, 1.165) is 11.3 Å². The Labute approximate surface area is 78.6 Å². The van der Waals surface area contributed by atoms with Gasteiger partial charge in [0.2, 0.25) is 0 Å². The van der Waals surface area contributed by atoms with Crippen LogP contribution in [0.3, 0.4) is 0 Å². The number of nitrogens with zero attached hydrogens (tertiary/aromatic N) is 3. The van der Waals surface area contributed by atoms with Crippen molar-refractivity contribution >= 4 is 22.6 Å². The highest BCUT2D eigenvalue weighted by Gasteiger charge is 2.06. The minimum Gasteiger partial charge on any atom is -0.192 e. The molecule has 0 atom stereocenters. The Morgan fingerprint density at radius 1 is 1.36 bits per heavy atom. The van der Waals surface area contributed by atoms with E-state index in [2.05, 4.69) is 16.3 Å². The van der Waals surface area contributed by atoms with Gasteiger partial charge < -0.3 is 0 Å². The van der Waals surface area contributed by atoms with Crippen LogP contribution in [0.1, 0.15) is 16.8 Å². The smallest absolute Gasteiger partial charge is 0.141 e. The molecule has 1 aromatic heterocycles. The predicted molar refractivity (Wildman–Crippen MR) is 48.9 cm³/mol. The largest absolute Gasteiger partial charge is 0.192 e. The zero-order valence-corrected chi connectivity index (χ0v) is 8.38. The van der Waals surface area contributed by atoms with Gasteiger partial charge in [-0.25, -0.2) is 0 Å². The standard InChI is InChI=1S/C7H6IN3/c1-4-5(2)10-11-7(8)6(4)3-9/h1-2H3. The van der Waals surface area contributed by atoms with Crippen molar-refractivity contribution in [1.29, 1.82) is 5.26 Å². The van der Waals surface area contributed by atoms with Crippen molar-refractivity contribution in [3.05, 3.63) is 20.5 Å². The summed E-state index contributed by atoms with van der Waals surface area (Å²) in [6, 6.07) is 2.09. The fourth-order valence-electron chi connectivity index (χ4n) is 0.710. The van der Waals surface area contributed by atoms with Crippen LogP contribution in [0.5, 0.6) is 0 Å². The maximum absolute atomic E-state index is 8.70. The molecule has 0 amide bonds. The first-order valence-electron chi connectivity index (χ1n) is 3.06. The first-order valence-corrected chi connectivity index (χ1v) is 4.14. The molecule has 1 rings (SSSR count). The molecule has 0 N–H and O–H groups in total. The molecule has 0 saturated carbocycles. The van der Waals surface area contributed by atoms with Crippen molar-refractivity contribution in [2.24, 2.45) is 0 Å². The summed E-state index contributed by atoms with van der Waals surface area (Å²) in [5, 5.41) is 16.4. The molecule has 0 unspecified atom stereocenters. The molecule has 1 heterocycles. The first kappa shape index (κ1) is 8.40. The van der Waals surface area contributed by atoms with Gasteiger partial charge >= 0.3 is 0 Å². The SMILES string of the molecule is Cc1nnc(I)c(C#N)c1C. The van der Waals surface area contributed by atoms with Crippen LogP contribution in [0.4, 0.5) is 0 Å². The maximum atomic E-state index is 8.70. The summed E-state index contributed by atoms with van der Waals surface area (Å²) in [7, 11) is 0. The van der Waals surface area contributed by atoms with E-state index < -0.39 is 0 Å². The third-order valence-corrected chi connectivity index (χ3v) is 2.28. The molecule has 4 heteroatoms. The summed E-state index contributed by atoms with van der Waals surface area (Å²) in [6.45, 7) is 3.73. The summed E-state index contributed by atoms with van der Waals surface area (Å²) in [5.74, 6) is 0. The second-order valence-corrected chi connectivity index (χ2v) is 3.21.